The quantitative estimate of drug-likeness (QED) is 0.626. The summed E-state index contributed by atoms with van der Waals surface area (Å²) in [6.07, 6.45) is 1.38. The van der Waals surface area contributed by atoms with E-state index in [1.54, 1.807) is 6.07 Å². The number of benzene rings is 2. The van der Waals surface area contributed by atoms with Crippen LogP contribution in [0.3, 0.4) is 0 Å². The van der Waals surface area contributed by atoms with E-state index in [4.69, 9.17) is 4.74 Å². The summed E-state index contributed by atoms with van der Waals surface area (Å²) in [6, 6.07) is 16.6. The van der Waals surface area contributed by atoms with E-state index in [-0.39, 0.29) is 0 Å². The highest BCUT2D eigenvalue weighted by atomic mass is 19.1. The minimum atomic E-state index is -0.548. The zero-order valence-electron chi connectivity index (χ0n) is 9.51. The fraction of sp³-hybridized carbons (Fsp3) is 0. The number of halogens is 1. The van der Waals surface area contributed by atoms with E-state index in [2.05, 4.69) is 4.98 Å². The van der Waals surface area contributed by atoms with Crippen LogP contribution in [0.15, 0.2) is 60.8 Å². The molecule has 0 unspecified atom stereocenters. The van der Waals surface area contributed by atoms with Crippen LogP contribution in [0.4, 0.5) is 4.39 Å². The average Bonchev–Trinajstić information content (AvgIpc) is 2.39. The Morgan fingerprint density at radius 2 is 1.78 bits per heavy atom. The topological polar surface area (TPSA) is 22.1 Å². The maximum atomic E-state index is 13.0. The first kappa shape index (κ1) is 10.7. The Kier molecular flexibility index (Phi) is 2.65. The molecule has 3 rings (SSSR count). The molecule has 2 aromatic carbocycles. The zero-order valence-corrected chi connectivity index (χ0v) is 9.51. The Morgan fingerprint density at radius 3 is 2.67 bits per heavy atom. The number of hydrogen-bond acceptors (Lipinski definition) is 2. The molecule has 88 valence electrons. The maximum Gasteiger partial charge on any atom is 0.216 e. The second kappa shape index (κ2) is 4.45. The molecule has 1 heterocycles. The molecule has 1 aromatic heterocycles. The molecule has 0 aliphatic rings. The van der Waals surface area contributed by atoms with E-state index in [0.29, 0.717) is 11.5 Å². The van der Waals surface area contributed by atoms with E-state index in [1.165, 1.54) is 12.3 Å². The number of ether oxygens (including phenoxy) is 1. The molecule has 0 bridgehead atoms. The Balaban J connectivity index is 2.05. The van der Waals surface area contributed by atoms with Gasteiger partial charge in [0.2, 0.25) is 5.95 Å². The Morgan fingerprint density at radius 1 is 0.944 bits per heavy atom. The molecule has 0 N–H and O–H groups in total. The fourth-order valence-corrected chi connectivity index (χ4v) is 1.86. The second-order valence-corrected chi connectivity index (χ2v) is 3.89. The highest BCUT2D eigenvalue weighted by Gasteiger charge is 2.03. The van der Waals surface area contributed by atoms with Crippen LogP contribution >= 0.6 is 0 Å². The Labute approximate surface area is 104 Å². The van der Waals surface area contributed by atoms with Crippen LogP contribution in [0.5, 0.6) is 11.5 Å². The van der Waals surface area contributed by atoms with Crippen molar-refractivity contribution in [1.29, 1.82) is 0 Å². The molecule has 0 aliphatic heterocycles. The predicted octanol–water partition coefficient (Wildman–Crippen LogP) is 4.17. The summed E-state index contributed by atoms with van der Waals surface area (Å²) in [6.45, 7) is 0. The summed E-state index contributed by atoms with van der Waals surface area (Å²) in [5.41, 5.74) is 0. The van der Waals surface area contributed by atoms with Gasteiger partial charge in [-0.05, 0) is 17.5 Å². The predicted molar refractivity (Wildman–Crippen MR) is 68.2 cm³/mol. The van der Waals surface area contributed by atoms with Crippen LogP contribution in [0.25, 0.3) is 10.8 Å². The SMILES string of the molecule is Fc1cc(Oc2cccc3ccccc23)ccn1. The van der Waals surface area contributed by atoms with Crippen LogP contribution in [0.1, 0.15) is 0 Å². The number of pyridine rings is 1. The molecule has 0 saturated heterocycles. The molecular formula is C15H10FNO. The Hall–Kier alpha value is -2.42. The van der Waals surface area contributed by atoms with Gasteiger partial charge in [-0.2, -0.15) is 4.39 Å². The van der Waals surface area contributed by atoms with Crippen molar-refractivity contribution in [2.75, 3.05) is 0 Å². The van der Waals surface area contributed by atoms with Gasteiger partial charge in [0.1, 0.15) is 11.5 Å². The lowest BCUT2D eigenvalue weighted by Crippen LogP contribution is -1.88. The summed E-state index contributed by atoms with van der Waals surface area (Å²) >= 11 is 0. The minimum Gasteiger partial charge on any atom is -0.456 e. The molecule has 0 aliphatic carbocycles. The van der Waals surface area contributed by atoms with E-state index >= 15 is 0 Å². The molecule has 0 fully saturated rings. The van der Waals surface area contributed by atoms with Crippen LogP contribution in [-0.4, -0.2) is 4.98 Å². The molecule has 3 aromatic rings. The normalized spacial score (nSPS) is 10.5. The molecule has 0 radical (unpaired) electrons. The third kappa shape index (κ3) is 2.02. The smallest absolute Gasteiger partial charge is 0.216 e. The van der Waals surface area contributed by atoms with Gasteiger partial charge < -0.3 is 4.74 Å². The van der Waals surface area contributed by atoms with Crippen molar-refractivity contribution < 1.29 is 9.13 Å². The molecule has 0 spiro atoms. The second-order valence-electron chi connectivity index (χ2n) is 3.89. The van der Waals surface area contributed by atoms with Crippen LogP contribution in [0.2, 0.25) is 0 Å². The first-order valence-corrected chi connectivity index (χ1v) is 5.60. The lowest BCUT2D eigenvalue weighted by molar-refractivity contribution is 0.477. The van der Waals surface area contributed by atoms with E-state index in [0.717, 1.165) is 10.8 Å². The summed E-state index contributed by atoms with van der Waals surface area (Å²) in [5, 5.41) is 2.08. The van der Waals surface area contributed by atoms with Gasteiger partial charge in [-0.25, -0.2) is 4.98 Å². The molecule has 0 saturated carbocycles. The molecule has 0 atom stereocenters. The van der Waals surface area contributed by atoms with Crippen LogP contribution < -0.4 is 4.74 Å². The largest absolute Gasteiger partial charge is 0.456 e. The van der Waals surface area contributed by atoms with Gasteiger partial charge in [0, 0.05) is 17.6 Å². The van der Waals surface area contributed by atoms with Crippen LogP contribution in [-0.2, 0) is 0 Å². The maximum absolute atomic E-state index is 13.0. The molecular weight excluding hydrogens is 229 g/mol. The number of fused-ring (bicyclic) bond motifs is 1. The van der Waals surface area contributed by atoms with Crippen molar-refractivity contribution >= 4 is 10.8 Å². The monoisotopic (exact) mass is 239 g/mol. The lowest BCUT2D eigenvalue weighted by atomic mass is 10.1. The summed E-state index contributed by atoms with van der Waals surface area (Å²) in [7, 11) is 0. The average molecular weight is 239 g/mol. The van der Waals surface area contributed by atoms with E-state index in [9.17, 15) is 4.39 Å². The Bertz CT molecular complexity index is 691. The summed E-state index contributed by atoms with van der Waals surface area (Å²) in [5.74, 6) is 0.602. The molecule has 0 amide bonds. The van der Waals surface area contributed by atoms with Gasteiger partial charge in [0.15, 0.2) is 0 Å². The third-order valence-electron chi connectivity index (χ3n) is 2.68. The number of nitrogens with zero attached hydrogens (tertiary/aromatic N) is 1. The first-order valence-electron chi connectivity index (χ1n) is 5.60. The van der Waals surface area contributed by atoms with Crippen molar-refractivity contribution in [2.24, 2.45) is 0 Å². The van der Waals surface area contributed by atoms with Crippen molar-refractivity contribution in [1.82, 2.24) is 4.98 Å². The first-order chi connectivity index (χ1) is 8.83. The van der Waals surface area contributed by atoms with Crippen molar-refractivity contribution in [2.45, 2.75) is 0 Å². The number of rotatable bonds is 2. The van der Waals surface area contributed by atoms with E-state index < -0.39 is 5.95 Å². The van der Waals surface area contributed by atoms with Crippen molar-refractivity contribution in [3.8, 4) is 11.5 Å². The third-order valence-corrected chi connectivity index (χ3v) is 2.68. The van der Waals surface area contributed by atoms with Gasteiger partial charge in [0.25, 0.3) is 0 Å². The summed E-state index contributed by atoms with van der Waals surface area (Å²) in [4.78, 5) is 3.50. The van der Waals surface area contributed by atoms with Crippen molar-refractivity contribution in [3.63, 3.8) is 0 Å². The molecule has 3 heteroatoms. The van der Waals surface area contributed by atoms with Gasteiger partial charge in [0.05, 0.1) is 0 Å². The van der Waals surface area contributed by atoms with Gasteiger partial charge in [-0.1, -0.05) is 36.4 Å². The van der Waals surface area contributed by atoms with Crippen molar-refractivity contribution in [3.05, 3.63) is 66.7 Å². The fourth-order valence-electron chi connectivity index (χ4n) is 1.86. The summed E-state index contributed by atoms with van der Waals surface area (Å²) < 4.78 is 18.7. The zero-order chi connectivity index (χ0) is 12.4. The highest BCUT2D eigenvalue weighted by molar-refractivity contribution is 5.88. The highest BCUT2D eigenvalue weighted by Crippen LogP contribution is 2.29. The van der Waals surface area contributed by atoms with Gasteiger partial charge in [-0.3, -0.25) is 0 Å². The molecule has 2 nitrogen and oxygen atoms in total. The van der Waals surface area contributed by atoms with Crippen LogP contribution in [0, 0.1) is 5.95 Å². The minimum absolute atomic E-state index is 0.443. The molecule has 18 heavy (non-hydrogen) atoms. The number of aromatic nitrogens is 1. The van der Waals surface area contributed by atoms with E-state index in [1.807, 2.05) is 42.5 Å². The van der Waals surface area contributed by atoms with Gasteiger partial charge in [-0.15, -0.1) is 0 Å². The lowest BCUT2D eigenvalue weighted by Gasteiger charge is -2.08. The number of hydrogen-bond donors (Lipinski definition) is 0. The van der Waals surface area contributed by atoms with Gasteiger partial charge >= 0.3 is 0 Å². The standard InChI is InChI=1S/C15H10FNO/c16-15-10-12(8-9-17-15)18-14-7-3-5-11-4-1-2-6-13(11)14/h1-10H.